The zero-order valence-electron chi connectivity index (χ0n) is 56.0. The number of rotatable bonds is 0. The maximum absolute atomic E-state index is 3.33. The molecule has 0 fully saturated rings. The molecule has 0 saturated carbocycles. The van der Waals surface area contributed by atoms with Gasteiger partial charge in [0.05, 0.1) is 44.3 Å². The summed E-state index contributed by atoms with van der Waals surface area (Å²) in [7, 11) is 8.48. The summed E-state index contributed by atoms with van der Waals surface area (Å²) in [5.41, 5.74) is 34.3. The van der Waals surface area contributed by atoms with Crippen LogP contribution >= 0.6 is 0 Å². The van der Waals surface area contributed by atoms with Gasteiger partial charge in [0.15, 0.2) is 0 Å². The van der Waals surface area contributed by atoms with E-state index >= 15 is 0 Å². The lowest BCUT2D eigenvalue weighted by Gasteiger charge is -2.04. The van der Waals surface area contributed by atoms with Gasteiger partial charge in [0.25, 0.3) is 0 Å². The van der Waals surface area contributed by atoms with Crippen LogP contribution in [0.1, 0.15) is 84.4 Å². The molecular weight excluding hydrogens is 1200 g/mol. The molecule has 0 radical (unpaired) electrons. The van der Waals surface area contributed by atoms with E-state index in [1.807, 2.05) is 0 Å². The molecule has 0 spiro atoms. The van der Waals surface area contributed by atoms with Gasteiger partial charge >= 0.3 is 0 Å². The minimum absolute atomic E-state index is 0. The van der Waals surface area contributed by atoms with Crippen molar-refractivity contribution in [2.75, 3.05) is 0 Å². The number of nitrogens with one attached hydrogen (secondary N) is 3. The number of fused-ring (bicyclic) bond motifs is 21. The number of para-hydroxylation sites is 1. The molecule has 16 heterocycles. The molecule has 3 aromatic carbocycles. The van der Waals surface area contributed by atoms with Crippen molar-refractivity contribution in [2.45, 2.75) is 83.6 Å². The Morgan fingerprint density at radius 2 is 0.959 bits per heavy atom. The van der Waals surface area contributed by atoms with Gasteiger partial charge in [0.2, 0.25) is 0 Å². The quantitative estimate of drug-likeness (QED) is 0.135. The minimum atomic E-state index is 0. The average molecular weight is 1290 g/mol. The van der Waals surface area contributed by atoms with E-state index in [4.69, 9.17) is 0 Å². The predicted molar refractivity (Wildman–Crippen MR) is 416 cm³/mol. The Bertz CT molecular complexity index is 5790. The van der Waals surface area contributed by atoms with Gasteiger partial charge in [-0.25, -0.2) is 0 Å². The maximum atomic E-state index is 3.33. The molecule has 16 aromatic heterocycles. The molecule has 19 aromatic rings. The van der Waals surface area contributed by atoms with Gasteiger partial charge in [0, 0.05) is 174 Å². The highest BCUT2D eigenvalue weighted by Crippen LogP contribution is 2.39. The molecule has 0 aliphatic heterocycles. The van der Waals surface area contributed by atoms with Gasteiger partial charge in [-0.15, -0.1) is 0 Å². The summed E-state index contributed by atoms with van der Waals surface area (Å²) in [5.74, 6) is 0. The Morgan fingerprint density at radius 1 is 0.367 bits per heavy atom. The summed E-state index contributed by atoms with van der Waals surface area (Å²) in [6.45, 7) is 14.9. The van der Waals surface area contributed by atoms with Gasteiger partial charge in [-0.2, -0.15) is 0 Å². The van der Waals surface area contributed by atoms with E-state index in [2.05, 4.69) is 376 Å². The van der Waals surface area contributed by atoms with Crippen LogP contribution in [0, 0.1) is 48.5 Å². The van der Waals surface area contributed by atoms with E-state index in [1.165, 1.54) is 167 Å². The number of benzene rings is 3. The number of aromatic amines is 3. The lowest BCUT2D eigenvalue weighted by atomic mass is 10.1. The first-order valence-electron chi connectivity index (χ1n) is 32.8. The largest absolute Gasteiger partial charge is 0.364 e. The van der Waals surface area contributed by atoms with E-state index in [9.17, 15) is 0 Å². The van der Waals surface area contributed by atoms with Crippen LogP contribution in [0.3, 0.4) is 0 Å². The van der Waals surface area contributed by atoms with Crippen molar-refractivity contribution < 1.29 is 0 Å². The van der Waals surface area contributed by atoms with E-state index < -0.39 is 0 Å². The topological polar surface area (TPSA) is 89.1 Å². The predicted octanol–water partition coefficient (Wildman–Crippen LogP) is 21.4. The van der Waals surface area contributed by atoms with Gasteiger partial charge < -0.3 is 55.2 Å². The number of pyridine rings is 4. The summed E-state index contributed by atoms with van der Waals surface area (Å²) in [6, 6.07) is 68.5. The average Bonchev–Trinajstić information content (AvgIpc) is 1.42. The van der Waals surface area contributed by atoms with E-state index in [0.717, 1.165) is 12.8 Å². The highest BCUT2D eigenvalue weighted by molar-refractivity contribution is 5.97. The highest BCUT2D eigenvalue weighted by atomic mass is 15.1. The summed E-state index contributed by atoms with van der Waals surface area (Å²) >= 11 is 0. The van der Waals surface area contributed by atoms with Crippen LogP contribution in [0.4, 0.5) is 0 Å². The number of nitrogens with zero attached hydrogens (tertiary/aromatic N) is 9. The zero-order valence-corrected chi connectivity index (χ0v) is 56.0. The van der Waals surface area contributed by atoms with Crippen molar-refractivity contribution in [1.29, 1.82) is 0 Å². The lowest BCUT2D eigenvalue weighted by Crippen LogP contribution is -1.93. The third-order valence-electron chi connectivity index (χ3n) is 19.6. The molecule has 0 atom stereocenters. The highest BCUT2D eigenvalue weighted by Gasteiger charge is 2.23. The number of aromatic nitrogens is 12. The number of hydrogen-bond acceptors (Lipinski definition) is 0. The Morgan fingerprint density at radius 3 is 1.72 bits per heavy atom. The van der Waals surface area contributed by atoms with E-state index in [0.29, 0.717) is 0 Å². The molecule has 0 unspecified atom stereocenters. The first-order chi connectivity index (χ1) is 46.1. The van der Waals surface area contributed by atoms with Gasteiger partial charge in [-0.1, -0.05) is 113 Å². The van der Waals surface area contributed by atoms with Crippen LogP contribution in [0.25, 0.3) is 105 Å². The summed E-state index contributed by atoms with van der Waals surface area (Å²) in [6.07, 6.45) is 19.2. The molecule has 2 aliphatic rings. The fraction of sp³-hybridized carbons (Fsp3) is 0.186. The summed E-state index contributed by atoms with van der Waals surface area (Å²) in [4.78, 5) is 9.92. The summed E-state index contributed by atoms with van der Waals surface area (Å²) in [5, 5.41) is 5.26. The van der Waals surface area contributed by atoms with Crippen molar-refractivity contribution >= 4 is 82.5 Å². The zero-order chi connectivity index (χ0) is 65.3. The Kier molecular flexibility index (Phi) is 18.3. The summed E-state index contributed by atoms with van der Waals surface area (Å²) < 4.78 is 19.9. The molecule has 0 saturated heterocycles. The maximum Gasteiger partial charge on any atom is 0.124 e. The fourth-order valence-electron chi connectivity index (χ4n) is 14.5. The fourth-order valence-corrected chi connectivity index (χ4v) is 14.5. The van der Waals surface area contributed by atoms with Crippen molar-refractivity contribution in [3.63, 3.8) is 0 Å². The van der Waals surface area contributed by atoms with Crippen LogP contribution in [0.15, 0.2) is 244 Å². The molecule has 3 N–H and O–H groups in total. The molecule has 12 nitrogen and oxygen atoms in total. The van der Waals surface area contributed by atoms with Gasteiger partial charge in [-0.05, 0) is 179 Å². The first-order valence-corrected chi connectivity index (χ1v) is 32.8. The first kappa shape index (κ1) is 66.5. The standard InChI is InChI=1S/C13H13N.3C12H12N2.C12H11N.2C11H10N2.3CH4/c1-9-7-11-8-10-5-3-4-6-12(10)13(11)14(9)2;1-9-7-10-11-5-3-4-6-14(11)8-12(10)13(9)2;1-9-7-10-8-14-6-4-3-5-11(14)12(10)13(9)2;1-9-7-10-8-11-5-3-4-6-14(11)12(10)13(9)2;1-8-11-6-9-4-2-3-5-10(9)12(11)7-13-8;1-8-7-13-10-5-3-2-4-9(10)6-11(13)12-8;1-8-6-11-10(12-8)7-9-4-2-3-5-13(9)11;;;/h3-7H,8H2,1-2H3;3*3-8H,1-2H3;2-5,7,13H,6H2,1H3;2*2-7,12H,1H3;3*1H4. The monoisotopic (exact) mass is 1290 g/mol. The van der Waals surface area contributed by atoms with E-state index in [-0.39, 0.29) is 22.3 Å². The van der Waals surface area contributed by atoms with E-state index in [1.54, 1.807) is 0 Å². The normalized spacial score (nSPS) is 11.5. The van der Waals surface area contributed by atoms with Crippen molar-refractivity contribution in [2.24, 2.45) is 28.2 Å². The third kappa shape index (κ3) is 11.9. The van der Waals surface area contributed by atoms with Gasteiger partial charge in [-0.3, -0.25) is 0 Å². The molecular formula is C86H92N12. The second-order valence-corrected chi connectivity index (χ2v) is 25.8. The third-order valence-corrected chi connectivity index (χ3v) is 19.6. The Labute approximate surface area is 574 Å². The number of imidazole rings is 1. The van der Waals surface area contributed by atoms with Crippen LogP contribution in [0.2, 0.25) is 0 Å². The minimum Gasteiger partial charge on any atom is -0.364 e. The van der Waals surface area contributed by atoms with Crippen LogP contribution < -0.4 is 0 Å². The van der Waals surface area contributed by atoms with Gasteiger partial charge in [0.1, 0.15) is 11.3 Å². The Hall–Kier alpha value is -11.5. The number of H-pyrrole nitrogens is 3. The molecule has 0 bridgehead atoms. The second-order valence-electron chi connectivity index (χ2n) is 25.8. The van der Waals surface area contributed by atoms with Crippen LogP contribution in [-0.4, -0.2) is 55.2 Å². The second kappa shape index (κ2) is 27.0. The van der Waals surface area contributed by atoms with Crippen LogP contribution in [0.5, 0.6) is 0 Å². The molecule has 2 aliphatic carbocycles. The lowest BCUT2D eigenvalue weighted by molar-refractivity contribution is 0.891. The number of aryl methyl sites for hydroxylation is 10. The van der Waals surface area contributed by atoms with Crippen molar-refractivity contribution in [3.8, 4) is 22.4 Å². The molecule has 0 amide bonds. The molecule has 98 heavy (non-hydrogen) atoms. The molecule has 21 rings (SSSR count). The number of hydrogen-bond donors (Lipinski definition) is 3. The molecule has 12 heteroatoms. The Balaban J connectivity index is 0.000000108. The smallest absolute Gasteiger partial charge is 0.124 e. The van der Waals surface area contributed by atoms with Crippen molar-refractivity contribution in [3.05, 3.63) is 306 Å². The van der Waals surface area contributed by atoms with Crippen LogP contribution in [-0.2, 0) is 41.0 Å². The SMILES string of the molecule is C.C.C.Cc1[nH]cc2c1Cc1ccccc1-2.Cc1cc2c(cc3ccccn32)[nH]1.Cc1cc2c(cn3ccccc23)n1C.Cc1cc2c(n1C)-c1ccccc1C2.Cc1cc2cc3ccccn3c2n1C.Cc1cc2cn3ccccc3c2n1C.Cc1cn2c(cc3ccccc32)[nH]1. The van der Waals surface area contributed by atoms with Crippen molar-refractivity contribution in [1.82, 2.24) is 55.2 Å². The molecule has 496 valence electrons.